The second-order valence-electron chi connectivity index (χ2n) is 7.36. The molecule has 0 amide bonds. The number of benzene rings is 1. The summed E-state index contributed by atoms with van der Waals surface area (Å²) in [6, 6.07) is 4.96. The van der Waals surface area contributed by atoms with Gasteiger partial charge in [-0.05, 0) is 63.9 Å². The first-order valence-electron chi connectivity index (χ1n) is 8.58. The maximum absolute atomic E-state index is 14.4. The van der Waals surface area contributed by atoms with E-state index in [4.69, 9.17) is 14.4 Å². The fraction of sp³-hybridized carbons (Fsp3) is 0.611. The number of carbonyl (C=O) groups is 1. The molecule has 4 nitrogen and oxygen atoms in total. The second-order valence-corrected chi connectivity index (χ2v) is 8.50. The highest BCUT2D eigenvalue weighted by atomic mass is 32.2. The van der Waals surface area contributed by atoms with Crippen LogP contribution in [-0.4, -0.2) is 35.1 Å². The van der Waals surface area contributed by atoms with Crippen LogP contribution in [0.15, 0.2) is 23.1 Å². The van der Waals surface area contributed by atoms with E-state index in [0.717, 1.165) is 0 Å². The smallest absolute Gasteiger partial charge is 0.481 e. The number of hydrogen-bond donors (Lipinski definition) is 1. The van der Waals surface area contributed by atoms with Crippen molar-refractivity contribution in [1.82, 2.24) is 0 Å². The van der Waals surface area contributed by atoms with Gasteiger partial charge in [0.25, 0.3) is 0 Å². The van der Waals surface area contributed by atoms with E-state index in [1.54, 1.807) is 6.07 Å². The largest absolute Gasteiger partial charge is 0.494 e. The molecule has 1 aromatic carbocycles. The molecule has 0 spiro atoms. The monoisotopic (exact) mass is 368 g/mol. The maximum Gasteiger partial charge on any atom is 0.494 e. The van der Waals surface area contributed by atoms with Crippen LogP contribution in [0.1, 0.15) is 47.5 Å². The first-order chi connectivity index (χ1) is 11.6. The van der Waals surface area contributed by atoms with Gasteiger partial charge in [-0.25, -0.2) is 4.39 Å². The van der Waals surface area contributed by atoms with Crippen molar-refractivity contribution in [3.63, 3.8) is 0 Å². The first kappa shape index (κ1) is 20.3. The van der Waals surface area contributed by atoms with Crippen molar-refractivity contribution >= 4 is 30.3 Å². The van der Waals surface area contributed by atoms with Crippen LogP contribution in [0.4, 0.5) is 4.39 Å². The summed E-state index contributed by atoms with van der Waals surface area (Å²) in [5.74, 6) is -0.933. The van der Waals surface area contributed by atoms with E-state index in [9.17, 15) is 9.18 Å². The van der Waals surface area contributed by atoms with Crippen molar-refractivity contribution in [2.24, 2.45) is 5.92 Å². The Bertz CT molecular complexity index is 620. The molecule has 1 aromatic rings. The Morgan fingerprint density at radius 3 is 2.36 bits per heavy atom. The summed E-state index contributed by atoms with van der Waals surface area (Å²) in [6.07, 6.45) is 1.11. The highest BCUT2D eigenvalue weighted by Crippen LogP contribution is 2.36. The predicted molar refractivity (Wildman–Crippen MR) is 98.9 cm³/mol. The molecule has 0 radical (unpaired) electrons. The summed E-state index contributed by atoms with van der Waals surface area (Å²) in [5, 5.41) is 9.06. The topological polar surface area (TPSA) is 55.8 Å². The van der Waals surface area contributed by atoms with Crippen LogP contribution in [-0.2, 0) is 14.1 Å². The molecule has 1 unspecified atom stereocenters. The molecular formula is C18H26BFO4S. The van der Waals surface area contributed by atoms with E-state index in [1.807, 2.05) is 40.7 Å². The van der Waals surface area contributed by atoms with Gasteiger partial charge in [-0.2, -0.15) is 0 Å². The molecule has 0 bridgehead atoms. The van der Waals surface area contributed by atoms with E-state index in [2.05, 4.69) is 0 Å². The highest BCUT2D eigenvalue weighted by Gasteiger charge is 2.51. The summed E-state index contributed by atoms with van der Waals surface area (Å²) in [4.78, 5) is 11.5. The fourth-order valence-corrected chi connectivity index (χ4v) is 3.56. The average molecular weight is 368 g/mol. The van der Waals surface area contributed by atoms with Crippen molar-refractivity contribution in [1.29, 1.82) is 0 Å². The molecule has 1 heterocycles. The zero-order valence-corrected chi connectivity index (χ0v) is 16.3. The van der Waals surface area contributed by atoms with Crippen LogP contribution in [0.25, 0.3) is 0 Å². The number of hydrogen-bond acceptors (Lipinski definition) is 4. The lowest BCUT2D eigenvalue weighted by Crippen LogP contribution is -2.41. The van der Waals surface area contributed by atoms with Gasteiger partial charge in [-0.15, -0.1) is 11.8 Å². The van der Waals surface area contributed by atoms with E-state index in [0.29, 0.717) is 29.0 Å². The minimum Gasteiger partial charge on any atom is -0.481 e. The van der Waals surface area contributed by atoms with Crippen LogP contribution in [0.5, 0.6) is 0 Å². The Morgan fingerprint density at radius 1 is 1.28 bits per heavy atom. The molecule has 0 aromatic heterocycles. The van der Waals surface area contributed by atoms with Crippen LogP contribution in [0.2, 0.25) is 0 Å². The van der Waals surface area contributed by atoms with Crippen LogP contribution in [0.3, 0.4) is 0 Å². The van der Waals surface area contributed by atoms with E-state index < -0.39 is 24.3 Å². The molecular weight excluding hydrogens is 342 g/mol. The van der Waals surface area contributed by atoms with Crippen LogP contribution in [0, 0.1) is 11.7 Å². The number of halogens is 1. The molecule has 0 saturated carbocycles. The molecule has 1 aliphatic rings. The zero-order chi connectivity index (χ0) is 18.8. The Kier molecular flexibility index (Phi) is 6.23. The lowest BCUT2D eigenvalue weighted by atomic mass is 9.79. The second kappa shape index (κ2) is 7.68. The molecule has 2 rings (SSSR count). The van der Waals surface area contributed by atoms with Crippen molar-refractivity contribution < 1.29 is 23.6 Å². The number of carboxylic acid groups (broad SMARTS) is 1. The molecule has 1 fully saturated rings. The number of carboxylic acids is 1. The van der Waals surface area contributed by atoms with E-state index in [1.165, 1.54) is 17.8 Å². The summed E-state index contributed by atoms with van der Waals surface area (Å²) in [6.45, 7) is 9.68. The molecule has 1 N–H and O–H groups in total. The Hall–Kier alpha value is -1.05. The van der Waals surface area contributed by atoms with E-state index in [-0.39, 0.29) is 11.7 Å². The molecule has 1 atom stereocenters. The zero-order valence-electron chi connectivity index (χ0n) is 15.5. The van der Waals surface area contributed by atoms with Crippen molar-refractivity contribution in [3.05, 3.63) is 24.0 Å². The Balaban J connectivity index is 2.01. The van der Waals surface area contributed by atoms with Gasteiger partial charge in [0.2, 0.25) is 0 Å². The van der Waals surface area contributed by atoms with Crippen molar-refractivity contribution in [2.45, 2.75) is 63.6 Å². The Morgan fingerprint density at radius 2 is 1.88 bits per heavy atom. The number of aliphatic carboxylic acids is 1. The van der Waals surface area contributed by atoms with Gasteiger partial charge in [0.1, 0.15) is 5.82 Å². The van der Waals surface area contributed by atoms with Gasteiger partial charge in [0, 0.05) is 4.90 Å². The molecule has 25 heavy (non-hydrogen) atoms. The molecule has 7 heteroatoms. The third kappa shape index (κ3) is 4.57. The van der Waals surface area contributed by atoms with Gasteiger partial charge in [0.05, 0.1) is 17.1 Å². The maximum atomic E-state index is 14.4. The van der Waals surface area contributed by atoms with Crippen LogP contribution < -0.4 is 5.46 Å². The van der Waals surface area contributed by atoms with Crippen molar-refractivity contribution in [3.8, 4) is 0 Å². The summed E-state index contributed by atoms with van der Waals surface area (Å²) in [5.41, 5.74) is -0.279. The third-order valence-corrected chi connectivity index (χ3v) is 6.13. The predicted octanol–water partition coefficient (Wildman–Crippen LogP) is 3.72. The van der Waals surface area contributed by atoms with Gasteiger partial charge >= 0.3 is 13.1 Å². The third-order valence-electron chi connectivity index (χ3n) is 5.05. The fourth-order valence-electron chi connectivity index (χ4n) is 2.57. The normalized spacial score (nSPS) is 19.8. The number of rotatable bonds is 7. The lowest BCUT2D eigenvalue weighted by molar-refractivity contribution is -0.141. The van der Waals surface area contributed by atoms with Gasteiger partial charge in [0.15, 0.2) is 0 Å². The molecule has 138 valence electrons. The van der Waals surface area contributed by atoms with Crippen molar-refractivity contribution in [2.75, 3.05) is 5.75 Å². The van der Waals surface area contributed by atoms with Gasteiger partial charge in [-0.1, -0.05) is 13.0 Å². The van der Waals surface area contributed by atoms with Crippen LogP contribution >= 0.6 is 11.8 Å². The SMILES string of the molecule is CCC(CCSc1ccc(B2OC(C)(C)C(C)(C)O2)cc1F)C(=O)O. The quantitative estimate of drug-likeness (QED) is 0.587. The summed E-state index contributed by atoms with van der Waals surface area (Å²) >= 11 is 1.34. The average Bonchev–Trinajstić information content (AvgIpc) is 2.73. The first-order valence-corrected chi connectivity index (χ1v) is 9.56. The van der Waals surface area contributed by atoms with Gasteiger partial charge in [-0.3, -0.25) is 4.79 Å². The minimum absolute atomic E-state index is 0.333. The minimum atomic E-state index is -0.792. The van der Waals surface area contributed by atoms with Gasteiger partial charge < -0.3 is 14.4 Å². The molecule has 1 aliphatic heterocycles. The molecule has 0 aliphatic carbocycles. The summed E-state index contributed by atoms with van der Waals surface area (Å²) < 4.78 is 26.3. The summed E-state index contributed by atoms with van der Waals surface area (Å²) in [7, 11) is -0.588. The van der Waals surface area contributed by atoms with E-state index >= 15 is 0 Å². The number of thioether (sulfide) groups is 1. The lowest BCUT2D eigenvalue weighted by Gasteiger charge is -2.32. The standard InChI is InChI=1S/C18H26BFO4S/c1-6-12(16(21)22)9-10-25-15-8-7-13(11-14(15)20)19-23-17(2,3)18(4,5)24-19/h7-8,11-12H,6,9-10H2,1-5H3,(H,21,22). The highest BCUT2D eigenvalue weighted by molar-refractivity contribution is 7.99. The molecule has 1 saturated heterocycles. The Labute approximate surface area is 153 Å².